The van der Waals surface area contributed by atoms with Crippen LogP contribution in [0.4, 0.5) is 0 Å². The van der Waals surface area contributed by atoms with Crippen molar-refractivity contribution in [3.8, 4) is 0 Å². The van der Waals surface area contributed by atoms with E-state index in [-0.39, 0.29) is 0 Å². The highest BCUT2D eigenvalue weighted by molar-refractivity contribution is 8.06. The van der Waals surface area contributed by atoms with E-state index in [0.717, 1.165) is 11.2 Å². The van der Waals surface area contributed by atoms with Gasteiger partial charge in [-0.25, -0.2) is 0 Å². The number of nitrogens with zero attached hydrogens (tertiary/aromatic N) is 1. The van der Waals surface area contributed by atoms with Crippen LogP contribution in [0.3, 0.4) is 0 Å². The van der Waals surface area contributed by atoms with E-state index < -0.39 is 0 Å². The van der Waals surface area contributed by atoms with Crippen LogP contribution in [0.1, 0.15) is 45.4 Å². The molecule has 2 fully saturated rings. The molecule has 88 valence electrons. The van der Waals surface area contributed by atoms with Gasteiger partial charge in [-0.3, -0.25) is 0 Å². The zero-order valence-electron chi connectivity index (χ0n) is 10.1. The molecule has 2 rings (SSSR count). The molecule has 2 aliphatic heterocycles. The van der Waals surface area contributed by atoms with E-state index in [1.807, 2.05) is 0 Å². The van der Waals surface area contributed by atoms with Gasteiger partial charge in [-0.05, 0) is 51.2 Å². The SMILES string of the molecule is CCC1CCN(CCCCC2CS2)CC1. The van der Waals surface area contributed by atoms with Gasteiger partial charge in [-0.15, -0.1) is 0 Å². The lowest BCUT2D eigenvalue weighted by Crippen LogP contribution is -2.34. The molecular weight excluding hydrogens is 202 g/mol. The van der Waals surface area contributed by atoms with Crippen molar-refractivity contribution in [3.63, 3.8) is 0 Å². The summed E-state index contributed by atoms with van der Waals surface area (Å²) in [5.74, 6) is 2.48. The van der Waals surface area contributed by atoms with Gasteiger partial charge in [0.1, 0.15) is 0 Å². The molecular formula is C13H25NS. The average Bonchev–Trinajstić information content (AvgIpc) is 3.09. The monoisotopic (exact) mass is 227 g/mol. The van der Waals surface area contributed by atoms with Crippen molar-refractivity contribution in [2.45, 2.75) is 50.7 Å². The van der Waals surface area contributed by atoms with E-state index in [1.54, 1.807) is 0 Å². The van der Waals surface area contributed by atoms with Crippen molar-refractivity contribution >= 4 is 11.8 Å². The summed E-state index contributed by atoms with van der Waals surface area (Å²) in [5, 5.41) is 1.05. The maximum absolute atomic E-state index is 2.69. The molecule has 1 atom stereocenters. The molecule has 2 heteroatoms. The second kappa shape index (κ2) is 6.15. The first-order valence-corrected chi connectivity index (χ1v) is 7.77. The molecule has 0 amide bonds. The molecule has 0 aromatic carbocycles. The lowest BCUT2D eigenvalue weighted by Gasteiger charge is -2.31. The number of hydrogen-bond donors (Lipinski definition) is 0. The van der Waals surface area contributed by atoms with E-state index in [9.17, 15) is 0 Å². The van der Waals surface area contributed by atoms with Crippen molar-refractivity contribution in [1.82, 2.24) is 4.90 Å². The molecule has 0 aromatic heterocycles. The molecule has 0 saturated carbocycles. The predicted molar refractivity (Wildman–Crippen MR) is 69.6 cm³/mol. The lowest BCUT2D eigenvalue weighted by atomic mass is 9.94. The highest BCUT2D eigenvalue weighted by atomic mass is 32.2. The normalized spacial score (nSPS) is 28.2. The zero-order valence-corrected chi connectivity index (χ0v) is 10.9. The van der Waals surface area contributed by atoms with Gasteiger partial charge >= 0.3 is 0 Å². The lowest BCUT2D eigenvalue weighted by molar-refractivity contribution is 0.179. The molecule has 0 aliphatic carbocycles. The summed E-state index contributed by atoms with van der Waals surface area (Å²) in [4.78, 5) is 2.69. The van der Waals surface area contributed by atoms with Gasteiger partial charge in [0.05, 0.1) is 0 Å². The molecule has 2 aliphatic rings. The van der Waals surface area contributed by atoms with Crippen LogP contribution in [0, 0.1) is 5.92 Å². The third-order valence-corrected chi connectivity index (χ3v) is 4.98. The molecule has 0 spiro atoms. The standard InChI is InChI=1S/C13H25NS/c1-2-12-6-9-14(10-7-12)8-4-3-5-13-11-15-13/h12-13H,2-11H2,1H3. The van der Waals surface area contributed by atoms with Crippen LogP contribution in [0.15, 0.2) is 0 Å². The molecule has 2 heterocycles. The Morgan fingerprint density at radius 2 is 1.93 bits per heavy atom. The Morgan fingerprint density at radius 3 is 2.53 bits per heavy atom. The molecule has 15 heavy (non-hydrogen) atoms. The zero-order chi connectivity index (χ0) is 10.5. The Bertz CT molecular complexity index is 171. The smallest absolute Gasteiger partial charge is 0.0138 e. The highest BCUT2D eigenvalue weighted by Crippen LogP contribution is 2.34. The summed E-state index contributed by atoms with van der Waals surface area (Å²) >= 11 is 2.14. The van der Waals surface area contributed by atoms with Gasteiger partial charge in [0.25, 0.3) is 0 Å². The Labute approximate surface area is 99.0 Å². The minimum absolute atomic E-state index is 1.03. The molecule has 0 N–H and O–H groups in total. The molecule has 2 saturated heterocycles. The fourth-order valence-electron chi connectivity index (χ4n) is 2.56. The van der Waals surface area contributed by atoms with Gasteiger partial charge in [0.2, 0.25) is 0 Å². The molecule has 0 aromatic rings. The first-order chi connectivity index (χ1) is 7.38. The van der Waals surface area contributed by atoms with E-state index >= 15 is 0 Å². The first kappa shape index (κ1) is 11.8. The van der Waals surface area contributed by atoms with E-state index in [0.29, 0.717) is 0 Å². The van der Waals surface area contributed by atoms with Gasteiger partial charge in [-0.2, -0.15) is 11.8 Å². The Hall–Kier alpha value is 0.310. The summed E-state index contributed by atoms with van der Waals surface area (Å²) < 4.78 is 0. The van der Waals surface area contributed by atoms with Crippen LogP contribution in [0.25, 0.3) is 0 Å². The van der Waals surface area contributed by atoms with Crippen molar-refractivity contribution in [1.29, 1.82) is 0 Å². The minimum atomic E-state index is 1.03. The average molecular weight is 227 g/mol. The van der Waals surface area contributed by atoms with E-state index in [4.69, 9.17) is 0 Å². The molecule has 0 bridgehead atoms. The summed E-state index contributed by atoms with van der Waals surface area (Å²) in [6.07, 6.45) is 8.69. The maximum atomic E-state index is 2.69. The van der Waals surface area contributed by atoms with Crippen LogP contribution >= 0.6 is 11.8 Å². The molecule has 0 radical (unpaired) electrons. The fraction of sp³-hybridized carbons (Fsp3) is 1.00. The van der Waals surface area contributed by atoms with Crippen molar-refractivity contribution in [2.24, 2.45) is 5.92 Å². The largest absolute Gasteiger partial charge is 0.303 e. The second-order valence-corrected chi connectivity index (χ2v) is 6.48. The second-order valence-electron chi connectivity index (χ2n) is 5.14. The Morgan fingerprint density at radius 1 is 1.20 bits per heavy atom. The Balaban J connectivity index is 1.48. The summed E-state index contributed by atoms with van der Waals surface area (Å²) in [5.41, 5.74) is 0. The topological polar surface area (TPSA) is 3.24 Å². The first-order valence-electron chi connectivity index (χ1n) is 6.72. The van der Waals surface area contributed by atoms with Gasteiger partial charge in [-0.1, -0.05) is 19.8 Å². The summed E-state index contributed by atoms with van der Waals surface area (Å²) in [6.45, 7) is 6.45. The number of likely N-dealkylation sites (tertiary alicyclic amines) is 1. The predicted octanol–water partition coefficient (Wildman–Crippen LogP) is 3.39. The number of thioether (sulfide) groups is 1. The Kier molecular flexibility index (Phi) is 4.83. The van der Waals surface area contributed by atoms with Crippen LogP contribution in [0.2, 0.25) is 0 Å². The number of piperidine rings is 1. The van der Waals surface area contributed by atoms with Gasteiger partial charge in [0.15, 0.2) is 0 Å². The number of unbranched alkanes of at least 4 members (excludes halogenated alkanes) is 1. The van der Waals surface area contributed by atoms with Crippen LogP contribution in [-0.4, -0.2) is 35.5 Å². The number of hydrogen-bond acceptors (Lipinski definition) is 2. The van der Waals surface area contributed by atoms with Crippen LogP contribution < -0.4 is 0 Å². The van der Waals surface area contributed by atoms with Crippen molar-refractivity contribution in [3.05, 3.63) is 0 Å². The summed E-state index contributed by atoms with van der Waals surface area (Å²) in [6, 6.07) is 0. The van der Waals surface area contributed by atoms with Crippen molar-refractivity contribution in [2.75, 3.05) is 25.4 Å². The molecule has 1 nitrogen and oxygen atoms in total. The van der Waals surface area contributed by atoms with Gasteiger partial charge < -0.3 is 4.90 Å². The van der Waals surface area contributed by atoms with Crippen LogP contribution in [0.5, 0.6) is 0 Å². The molecule has 1 unspecified atom stereocenters. The maximum Gasteiger partial charge on any atom is 0.0138 e. The van der Waals surface area contributed by atoms with Crippen molar-refractivity contribution < 1.29 is 0 Å². The van der Waals surface area contributed by atoms with Gasteiger partial charge in [0, 0.05) is 11.0 Å². The fourth-order valence-corrected chi connectivity index (χ4v) is 3.20. The number of rotatable bonds is 6. The van der Waals surface area contributed by atoms with Crippen LogP contribution in [-0.2, 0) is 0 Å². The quantitative estimate of drug-likeness (QED) is 0.505. The van der Waals surface area contributed by atoms with E-state index in [1.165, 1.54) is 63.9 Å². The summed E-state index contributed by atoms with van der Waals surface area (Å²) in [7, 11) is 0. The minimum Gasteiger partial charge on any atom is -0.303 e. The third kappa shape index (κ3) is 4.36. The van der Waals surface area contributed by atoms with E-state index in [2.05, 4.69) is 23.6 Å². The highest BCUT2D eigenvalue weighted by Gasteiger charge is 2.21. The third-order valence-electron chi connectivity index (χ3n) is 3.94.